The SMILES string of the molecule is CCOC(=O)c1c(NC(=O)[C@@H]2[C@@H](C(=O)O)[C@H]3C=C[C@@H]2CC3)sc2c1C[C@@H](C)CC2. The molecule has 5 rings (SSSR count). The normalized spacial score (nSPS) is 29.9. The van der Waals surface area contributed by atoms with E-state index in [0.29, 0.717) is 16.5 Å². The average molecular weight is 418 g/mol. The van der Waals surface area contributed by atoms with Gasteiger partial charge in [-0.25, -0.2) is 4.79 Å². The number of nitrogens with one attached hydrogen (secondary N) is 1. The van der Waals surface area contributed by atoms with Gasteiger partial charge in [0.15, 0.2) is 0 Å². The van der Waals surface area contributed by atoms with Gasteiger partial charge < -0.3 is 15.2 Å². The molecular weight excluding hydrogens is 390 g/mol. The Balaban J connectivity index is 1.65. The highest BCUT2D eigenvalue weighted by molar-refractivity contribution is 7.17. The second-order valence-electron chi connectivity index (χ2n) is 8.45. The minimum atomic E-state index is -0.922. The molecule has 5 atom stereocenters. The fraction of sp³-hybridized carbons (Fsp3) is 0.591. The number of hydrogen-bond donors (Lipinski definition) is 2. The van der Waals surface area contributed by atoms with E-state index >= 15 is 0 Å². The van der Waals surface area contributed by atoms with Crippen LogP contribution in [0, 0.1) is 29.6 Å². The summed E-state index contributed by atoms with van der Waals surface area (Å²) in [5.41, 5.74) is 1.46. The van der Waals surface area contributed by atoms with Crippen molar-refractivity contribution in [3.8, 4) is 0 Å². The van der Waals surface area contributed by atoms with Crippen LogP contribution in [0.1, 0.15) is 53.9 Å². The van der Waals surface area contributed by atoms with Crippen LogP contribution in [0.25, 0.3) is 0 Å². The van der Waals surface area contributed by atoms with Gasteiger partial charge in [-0.2, -0.15) is 0 Å². The number of carbonyl (C=O) groups excluding carboxylic acids is 2. The number of aryl methyl sites for hydroxylation is 1. The third-order valence-corrected chi connectivity index (χ3v) is 7.77. The minimum Gasteiger partial charge on any atom is -0.481 e. The van der Waals surface area contributed by atoms with Crippen LogP contribution in [0.15, 0.2) is 12.2 Å². The number of aliphatic carboxylic acids is 1. The molecule has 1 amide bonds. The molecule has 1 heterocycles. The van der Waals surface area contributed by atoms with Crippen molar-refractivity contribution < 1.29 is 24.2 Å². The Morgan fingerprint density at radius 2 is 1.86 bits per heavy atom. The van der Waals surface area contributed by atoms with Crippen molar-refractivity contribution in [2.75, 3.05) is 11.9 Å². The molecule has 0 aromatic carbocycles. The summed E-state index contributed by atoms with van der Waals surface area (Å²) < 4.78 is 5.28. The Hall–Kier alpha value is -2.15. The Labute approximate surface area is 174 Å². The molecule has 0 aliphatic heterocycles. The maximum absolute atomic E-state index is 13.2. The zero-order valence-electron chi connectivity index (χ0n) is 16.8. The van der Waals surface area contributed by atoms with Gasteiger partial charge in [-0.15, -0.1) is 11.3 Å². The lowest BCUT2D eigenvalue weighted by Crippen LogP contribution is -2.47. The quantitative estimate of drug-likeness (QED) is 0.560. The van der Waals surface area contributed by atoms with Gasteiger partial charge in [0.1, 0.15) is 5.00 Å². The first-order chi connectivity index (χ1) is 13.9. The fourth-order valence-corrected chi connectivity index (χ4v) is 6.38. The third-order valence-electron chi connectivity index (χ3n) is 6.56. The van der Waals surface area contributed by atoms with Gasteiger partial charge in [0.25, 0.3) is 0 Å². The van der Waals surface area contributed by atoms with E-state index < -0.39 is 23.8 Å². The van der Waals surface area contributed by atoms with E-state index in [1.807, 2.05) is 12.2 Å². The molecular formula is C22H27NO5S. The van der Waals surface area contributed by atoms with Crippen molar-refractivity contribution in [2.45, 2.75) is 46.0 Å². The molecule has 0 saturated heterocycles. The molecule has 2 bridgehead atoms. The number of carboxylic acids is 1. The summed E-state index contributed by atoms with van der Waals surface area (Å²) in [6.07, 6.45) is 8.31. The van der Waals surface area contributed by atoms with Crippen LogP contribution >= 0.6 is 11.3 Å². The van der Waals surface area contributed by atoms with Crippen molar-refractivity contribution >= 4 is 34.2 Å². The summed E-state index contributed by atoms with van der Waals surface area (Å²) in [7, 11) is 0. The number of carboxylic acid groups (broad SMARTS) is 1. The second-order valence-corrected chi connectivity index (χ2v) is 9.55. The Kier molecular flexibility index (Phi) is 5.51. The van der Waals surface area contributed by atoms with Crippen molar-refractivity contribution in [3.63, 3.8) is 0 Å². The van der Waals surface area contributed by atoms with Crippen LogP contribution in [-0.4, -0.2) is 29.6 Å². The Morgan fingerprint density at radius 3 is 2.48 bits per heavy atom. The zero-order chi connectivity index (χ0) is 20.7. The molecule has 29 heavy (non-hydrogen) atoms. The molecule has 1 aromatic heterocycles. The van der Waals surface area contributed by atoms with E-state index in [0.717, 1.165) is 42.5 Å². The molecule has 0 spiro atoms. The van der Waals surface area contributed by atoms with Gasteiger partial charge in [0.05, 0.1) is 24.0 Å². The standard InChI is InChI=1S/C22H27NO5S/c1-3-28-22(27)18-14-10-11(2)4-9-15(14)29-20(18)23-19(24)16-12-5-7-13(8-6-12)17(16)21(25)26/h5,7,11-13,16-17H,3-4,6,8-10H2,1-2H3,(H,23,24)(H,25,26)/t11-,12+,13-,16-,17-/m0/s1. The number of esters is 1. The summed E-state index contributed by atoms with van der Waals surface area (Å²) in [5, 5.41) is 13.2. The molecule has 1 fully saturated rings. The second kappa shape index (κ2) is 7.94. The first-order valence-electron chi connectivity index (χ1n) is 10.4. The number of amides is 1. The maximum Gasteiger partial charge on any atom is 0.341 e. The molecule has 0 radical (unpaired) electrons. The number of rotatable bonds is 5. The number of anilines is 1. The molecule has 4 aliphatic rings. The molecule has 156 valence electrons. The number of ether oxygens (including phenoxy) is 1. The van der Waals surface area contributed by atoms with E-state index in [1.54, 1.807) is 6.92 Å². The van der Waals surface area contributed by atoms with Crippen molar-refractivity contribution in [3.05, 3.63) is 28.2 Å². The zero-order valence-corrected chi connectivity index (χ0v) is 17.6. The highest BCUT2D eigenvalue weighted by Gasteiger charge is 2.48. The molecule has 4 aliphatic carbocycles. The monoisotopic (exact) mass is 417 g/mol. The molecule has 1 aromatic rings. The van der Waals surface area contributed by atoms with Gasteiger partial charge in [-0.1, -0.05) is 19.1 Å². The van der Waals surface area contributed by atoms with Gasteiger partial charge in [0, 0.05) is 4.88 Å². The lowest BCUT2D eigenvalue weighted by atomic mass is 9.62. The first-order valence-corrected chi connectivity index (χ1v) is 11.3. The fourth-order valence-electron chi connectivity index (χ4n) is 5.15. The van der Waals surface area contributed by atoms with Gasteiger partial charge >= 0.3 is 11.9 Å². The summed E-state index contributed by atoms with van der Waals surface area (Å²) in [6, 6.07) is 0. The minimum absolute atomic E-state index is 0.0678. The summed E-state index contributed by atoms with van der Waals surface area (Å²) >= 11 is 1.44. The van der Waals surface area contributed by atoms with Crippen molar-refractivity contribution in [1.29, 1.82) is 0 Å². The molecule has 7 heteroatoms. The lowest BCUT2D eigenvalue weighted by Gasteiger charge is -2.41. The number of allylic oxidation sites excluding steroid dienone is 2. The largest absolute Gasteiger partial charge is 0.481 e. The summed E-state index contributed by atoms with van der Waals surface area (Å²) in [4.78, 5) is 38.9. The van der Waals surface area contributed by atoms with E-state index in [2.05, 4.69) is 12.2 Å². The van der Waals surface area contributed by atoms with E-state index in [9.17, 15) is 19.5 Å². The lowest BCUT2D eigenvalue weighted by molar-refractivity contribution is -0.151. The highest BCUT2D eigenvalue weighted by Crippen LogP contribution is 2.46. The number of carbonyl (C=O) groups is 3. The van der Waals surface area contributed by atoms with Crippen LogP contribution in [0.5, 0.6) is 0 Å². The maximum atomic E-state index is 13.2. The molecule has 6 nitrogen and oxygen atoms in total. The van der Waals surface area contributed by atoms with Gasteiger partial charge in [0.2, 0.25) is 5.91 Å². The third kappa shape index (κ3) is 3.61. The summed E-state index contributed by atoms with van der Waals surface area (Å²) in [5.74, 6) is -2.64. The van der Waals surface area contributed by atoms with Crippen molar-refractivity contribution in [1.82, 2.24) is 0 Å². The molecule has 0 unspecified atom stereocenters. The average Bonchev–Trinajstić information content (AvgIpc) is 3.05. The summed E-state index contributed by atoms with van der Waals surface area (Å²) in [6.45, 7) is 4.20. The Morgan fingerprint density at radius 1 is 1.17 bits per heavy atom. The topological polar surface area (TPSA) is 92.7 Å². The first kappa shape index (κ1) is 20.1. The predicted octanol–water partition coefficient (Wildman–Crippen LogP) is 3.90. The predicted molar refractivity (Wildman–Crippen MR) is 110 cm³/mol. The van der Waals surface area contributed by atoms with E-state index in [1.165, 1.54) is 11.3 Å². The van der Waals surface area contributed by atoms with E-state index in [4.69, 9.17) is 4.74 Å². The van der Waals surface area contributed by atoms with Gasteiger partial charge in [-0.05, 0) is 62.3 Å². The number of fused-ring (bicyclic) bond motifs is 3. The number of hydrogen-bond acceptors (Lipinski definition) is 5. The Bertz CT molecular complexity index is 873. The molecule has 2 N–H and O–H groups in total. The van der Waals surface area contributed by atoms with Crippen molar-refractivity contribution in [2.24, 2.45) is 29.6 Å². The van der Waals surface area contributed by atoms with Gasteiger partial charge in [-0.3, -0.25) is 9.59 Å². The highest BCUT2D eigenvalue weighted by atomic mass is 32.1. The van der Waals surface area contributed by atoms with Crippen LogP contribution in [-0.2, 0) is 27.2 Å². The van der Waals surface area contributed by atoms with Crippen LogP contribution in [0.4, 0.5) is 5.00 Å². The number of thiophene rings is 1. The van der Waals surface area contributed by atoms with Crippen LogP contribution in [0.3, 0.4) is 0 Å². The van der Waals surface area contributed by atoms with Crippen LogP contribution < -0.4 is 5.32 Å². The smallest absolute Gasteiger partial charge is 0.341 e. The van der Waals surface area contributed by atoms with Crippen LogP contribution in [0.2, 0.25) is 0 Å². The van der Waals surface area contributed by atoms with E-state index in [-0.39, 0.29) is 24.3 Å². The molecule has 1 saturated carbocycles.